The minimum Gasteiger partial charge on any atom is -0.490 e. The van der Waals surface area contributed by atoms with Crippen LogP contribution in [0.5, 0.6) is 11.5 Å². The van der Waals surface area contributed by atoms with Gasteiger partial charge in [0.05, 0.1) is 18.1 Å². The Morgan fingerprint density at radius 1 is 1.20 bits per heavy atom. The molecule has 2 rings (SSSR count). The van der Waals surface area contributed by atoms with Crippen molar-refractivity contribution in [3.63, 3.8) is 0 Å². The maximum absolute atomic E-state index is 12.2. The number of hydrogen-bond acceptors (Lipinski definition) is 4. The standard InChI is InChI=1S/C14H21NO4S/c1-11(2)6-7-15-20(16,17)12-4-5-13-14(10-12)19-9-3-8-18-13/h4-5,10-11,15H,3,6-9H2,1-2H3. The molecular formula is C14H21NO4S. The van der Waals surface area contributed by atoms with Crippen molar-refractivity contribution in [1.29, 1.82) is 0 Å². The first-order valence-electron chi connectivity index (χ1n) is 6.88. The zero-order valence-electron chi connectivity index (χ0n) is 11.9. The molecule has 1 aliphatic rings. The molecule has 1 aromatic carbocycles. The highest BCUT2D eigenvalue weighted by atomic mass is 32.2. The molecule has 5 nitrogen and oxygen atoms in total. The van der Waals surface area contributed by atoms with Crippen LogP contribution in [0.3, 0.4) is 0 Å². The second kappa shape index (κ2) is 6.45. The van der Waals surface area contributed by atoms with E-state index < -0.39 is 10.0 Å². The molecule has 6 heteroatoms. The molecule has 112 valence electrons. The van der Waals surface area contributed by atoms with Gasteiger partial charge in [-0.2, -0.15) is 0 Å². The molecule has 1 aromatic rings. The summed E-state index contributed by atoms with van der Waals surface area (Å²) in [5.74, 6) is 1.55. The summed E-state index contributed by atoms with van der Waals surface area (Å²) in [6, 6.07) is 4.72. The van der Waals surface area contributed by atoms with Crippen LogP contribution in [0.25, 0.3) is 0 Å². The van der Waals surface area contributed by atoms with Crippen molar-refractivity contribution in [2.24, 2.45) is 5.92 Å². The van der Waals surface area contributed by atoms with Gasteiger partial charge in [-0.3, -0.25) is 0 Å². The zero-order valence-corrected chi connectivity index (χ0v) is 12.7. The Morgan fingerprint density at radius 2 is 1.90 bits per heavy atom. The molecule has 0 aromatic heterocycles. The predicted molar refractivity (Wildman–Crippen MR) is 76.7 cm³/mol. The minimum atomic E-state index is -3.49. The van der Waals surface area contributed by atoms with E-state index in [2.05, 4.69) is 18.6 Å². The quantitative estimate of drug-likeness (QED) is 0.905. The summed E-state index contributed by atoms with van der Waals surface area (Å²) in [7, 11) is -3.49. The normalized spacial score (nSPS) is 15.2. The van der Waals surface area contributed by atoms with Crippen LogP contribution in [0.15, 0.2) is 23.1 Å². The highest BCUT2D eigenvalue weighted by molar-refractivity contribution is 7.89. The summed E-state index contributed by atoms with van der Waals surface area (Å²) in [6.45, 7) is 5.68. The summed E-state index contributed by atoms with van der Waals surface area (Å²) < 4.78 is 38.0. The molecule has 0 saturated heterocycles. The zero-order chi connectivity index (χ0) is 14.6. The molecule has 0 atom stereocenters. The molecule has 0 bridgehead atoms. The van der Waals surface area contributed by atoms with E-state index >= 15 is 0 Å². The Bertz CT molecular complexity index is 554. The van der Waals surface area contributed by atoms with Crippen LogP contribution in [0.1, 0.15) is 26.7 Å². The lowest BCUT2D eigenvalue weighted by Crippen LogP contribution is -2.25. The van der Waals surface area contributed by atoms with Crippen LogP contribution < -0.4 is 14.2 Å². The van der Waals surface area contributed by atoms with Crippen LogP contribution in [-0.4, -0.2) is 28.2 Å². The Kier molecular flexibility index (Phi) is 4.88. The smallest absolute Gasteiger partial charge is 0.240 e. The van der Waals surface area contributed by atoms with E-state index in [4.69, 9.17) is 9.47 Å². The van der Waals surface area contributed by atoms with Crippen molar-refractivity contribution in [2.75, 3.05) is 19.8 Å². The fourth-order valence-electron chi connectivity index (χ4n) is 1.88. The minimum absolute atomic E-state index is 0.213. The van der Waals surface area contributed by atoms with Crippen molar-refractivity contribution in [3.8, 4) is 11.5 Å². The van der Waals surface area contributed by atoms with Crippen LogP contribution in [0.2, 0.25) is 0 Å². The van der Waals surface area contributed by atoms with Gasteiger partial charge in [0.15, 0.2) is 11.5 Å². The molecule has 1 N–H and O–H groups in total. The maximum Gasteiger partial charge on any atom is 0.240 e. The third-order valence-electron chi connectivity index (χ3n) is 3.04. The van der Waals surface area contributed by atoms with Gasteiger partial charge in [-0.05, 0) is 24.5 Å². The van der Waals surface area contributed by atoms with Crippen LogP contribution in [0, 0.1) is 5.92 Å². The predicted octanol–water partition coefficient (Wildman–Crippen LogP) is 2.17. The highest BCUT2D eigenvalue weighted by Crippen LogP contribution is 2.31. The Balaban J connectivity index is 2.13. The lowest BCUT2D eigenvalue weighted by atomic mass is 10.1. The molecule has 20 heavy (non-hydrogen) atoms. The summed E-state index contributed by atoms with van der Waals surface area (Å²) in [5.41, 5.74) is 0. The van der Waals surface area contributed by atoms with Gasteiger partial charge in [0, 0.05) is 19.0 Å². The van der Waals surface area contributed by atoms with E-state index in [0.717, 1.165) is 12.8 Å². The molecule has 0 radical (unpaired) electrons. The molecule has 0 saturated carbocycles. The molecule has 0 amide bonds. The van der Waals surface area contributed by atoms with E-state index in [9.17, 15) is 8.42 Å². The second-order valence-electron chi connectivity index (χ2n) is 5.24. The van der Waals surface area contributed by atoms with Gasteiger partial charge in [-0.25, -0.2) is 13.1 Å². The summed E-state index contributed by atoms with van der Waals surface area (Å²) >= 11 is 0. The lowest BCUT2D eigenvalue weighted by molar-refractivity contribution is 0.297. The Morgan fingerprint density at radius 3 is 2.60 bits per heavy atom. The van der Waals surface area contributed by atoms with Gasteiger partial charge in [0.1, 0.15) is 0 Å². The fourth-order valence-corrected chi connectivity index (χ4v) is 2.94. The number of benzene rings is 1. The van der Waals surface area contributed by atoms with Gasteiger partial charge in [0.25, 0.3) is 0 Å². The van der Waals surface area contributed by atoms with Gasteiger partial charge in [-0.15, -0.1) is 0 Å². The molecule has 1 aliphatic heterocycles. The lowest BCUT2D eigenvalue weighted by Gasteiger charge is -2.11. The first-order valence-corrected chi connectivity index (χ1v) is 8.36. The van der Waals surface area contributed by atoms with Crippen molar-refractivity contribution < 1.29 is 17.9 Å². The van der Waals surface area contributed by atoms with E-state index in [1.165, 1.54) is 6.07 Å². The second-order valence-corrected chi connectivity index (χ2v) is 7.01. The van der Waals surface area contributed by atoms with Crippen LogP contribution >= 0.6 is 0 Å². The summed E-state index contributed by atoms with van der Waals surface area (Å²) in [4.78, 5) is 0.213. The number of ether oxygens (including phenoxy) is 2. The molecule has 0 spiro atoms. The molecular weight excluding hydrogens is 278 g/mol. The number of hydrogen-bond donors (Lipinski definition) is 1. The van der Waals surface area contributed by atoms with Crippen LogP contribution in [0.4, 0.5) is 0 Å². The molecule has 0 unspecified atom stereocenters. The Labute approximate surface area is 120 Å². The van der Waals surface area contributed by atoms with Crippen molar-refractivity contribution >= 4 is 10.0 Å². The Hall–Kier alpha value is -1.27. The van der Waals surface area contributed by atoms with Crippen LogP contribution in [-0.2, 0) is 10.0 Å². The topological polar surface area (TPSA) is 64.6 Å². The number of fused-ring (bicyclic) bond motifs is 1. The van der Waals surface area contributed by atoms with Crippen molar-refractivity contribution in [2.45, 2.75) is 31.6 Å². The van der Waals surface area contributed by atoms with Crippen molar-refractivity contribution in [3.05, 3.63) is 18.2 Å². The average Bonchev–Trinajstić information content (AvgIpc) is 2.62. The fraction of sp³-hybridized carbons (Fsp3) is 0.571. The molecule has 0 fully saturated rings. The third kappa shape index (κ3) is 3.86. The largest absolute Gasteiger partial charge is 0.490 e. The summed E-state index contributed by atoms with van der Waals surface area (Å²) in [5, 5.41) is 0. The number of nitrogens with one attached hydrogen (secondary N) is 1. The van der Waals surface area contributed by atoms with Gasteiger partial charge >= 0.3 is 0 Å². The first-order chi connectivity index (χ1) is 9.49. The van der Waals surface area contributed by atoms with Gasteiger partial charge in [-0.1, -0.05) is 13.8 Å². The van der Waals surface area contributed by atoms with E-state index in [1.54, 1.807) is 12.1 Å². The monoisotopic (exact) mass is 299 g/mol. The van der Waals surface area contributed by atoms with Gasteiger partial charge < -0.3 is 9.47 Å². The van der Waals surface area contributed by atoms with Gasteiger partial charge in [0.2, 0.25) is 10.0 Å². The third-order valence-corrected chi connectivity index (χ3v) is 4.50. The number of sulfonamides is 1. The maximum atomic E-state index is 12.2. The van der Waals surface area contributed by atoms with E-state index in [1.807, 2.05) is 0 Å². The van der Waals surface area contributed by atoms with Crippen molar-refractivity contribution in [1.82, 2.24) is 4.72 Å². The number of rotatable bonds is 5. The highest BCUT2D eigenvalue weighted by Gasteiger charge is 2.18. The summed E-state index contributed by atoms with van der Waals surface area (Å²) in [6.07, 6.45) is 1.60. The van der Waals surface area contributed by atoms with E-state index in [0.29, 0.717) is 37.2 Å². The SMILES string of the molecule is CC(C)CCNS(=O)(=O)c1ccc2c(c1)OCCCO2. The van der Waals surface area contributed by atoms with E-state index in [-0.39, 0.29) is 4.90 Å². The molecule has 0 aliphatic carbocycles. The average molecular weight is 299 g/mol. The molecule has 1 heterocycles. The first kappa shape index (κ1) is 15.1.